The quantitative estimate of drug-likeness (QED) is 0.621. The monoisotopic (exact) mass is 241 g/mol. The van der Waals surface area contributed by atoms with Crippen molar-refractivity contribution in [1.82, 2.24) is 0 Å². The molecule has 1 atom stereocenters. The predicted octanol–water partition coefficient (Wildman–Crippen LogP) is 1.29. The highest BCUT2D eigenvalue weighted by molar-refractivity contribution is 7.99. The summed E-state index contributed by atoms with van der Waals surface area (Å²) in [5, 5.41) is 0. The molecule has 5 heteroatoms. The summed E-state index contributed by atoms with van der Waals surface area (Å²) in [6.07, 6.45) is 0. The molecule has 88 valence electrons. The molecule has 1 aromatic rings. The Hall–Kier alpha value is -1.20. The van der Waals surface area contributed by atoms with Crippen LogP contribution in [0, 0.1) is 0 Å². The third kappa shape index (κ3) is 3.75. The van der Waals surface area contributed by atoms with Gasteiger partial charge in [-0.15, -0.1) is 11.8 Å². The van der Waals surface area contributed by atoms with Crippen molar-refractivity contribution in [2.24, 2.45) is 5.73 Å². The molecule has 0 fully saturated rings. The van der Waals surface area contributed by atoms with Crippen LogP contribution in [0.3, 0.4) is 0 Å². The number of benzene rings is 1. The maximum atomic E-state index is 11.1. The van der Waals surface area contributed by atoms with Crippen LogP contribution >= 0.6 is 11.8 Å². The Balaban J connectivity index is 2.45. The molecule has 1 aromatic carbocycles. The second kappa shape index (κ2) is 6.40. The van der Waals surface area contributed by atoms with Gasteiger partial charge in [0.25, 0.3) is 0 Å². The molecule has 1 rings (SSSR count). The van der Waals surface area contributed by atoms with Gasteiger partial charge in [-0.3, -0.25) is 4.79 Å². The lowest BCUT2D eigenvalue weighted by atomic mass is 10.3. The predicted molar refractivity (Wildman–Crippen MR) is 63.7 cm³/mol. The molecule has 0 amide bonds. The van der Waals surface area contributed by atoms with Crippen LogP contribution in [0.5, 0.6) is 5.75 Å². The lowest BCUT2D eigenvalue weighted by Crippen LogP contribution is -2.33. The topological polar surface area (TPSA) is 61.5 Å². The smallest absolute Gasteiger partial charge is 0.323 e. The average molecular weight is 241 g/mol. The Bertz CT molecular complexity index is 340. The third-order valence-corrected chi connectivity index (χ3v) is 3.12. The molecular formula is C11H15NO3S. The minimum atomic E-state index is -0.586. The van der Waals surface area contributed by atoms with E-state index in [9.17, 15) is 4.79 Å². The fourth-order valence-electron chi connectivity index (χ4n) is 1.08. The first-order chi connectivity index (χ1) is 7.67. The molecular weight excluding hydrogens is 226 g/mol. The zero-order chi connectivity index (χ0) is 12.0. The Kier molecular flexibility index (Phi) is 5.14. The van der Waals surface area contributed by atoms with Crippen LogP contribution < -0.4 is 10.5 Å². The van der Waals surface area contributed by atoms with Crippen molar-refractivity contribution < 1.29 is 14.3 Å². The molecule has 2 N–H and O–H groups in total. The summed E-state index contributed by atoms with van der Waals surface area (Å²) >= 11 is 1.51. The van der Waals surface area contributed by atoms with Gasteiger partial charge >= 0.3 is 5.97 Å². The van der Waals surface area contributed by atoms with E-state index in [0.29, 0.717) is 5.75 Å². The Morgan fingerprint density at radius 1 is 1.38 bits per heavy atom. The van der Waals surface area contributed by atoms with E-state index in [1.165, 1.54) is 18.9 Å². The number of methoxy groups -OCH3 is 2. The molecule has 1 unspecified atom stereocenters. The van der Waals surface area contributed by atoms with E-state index in [0.717, 1.165) is 10.6 Å². The number of carbonyl (C=O) groups is 1. The molecule has 16 heavy (non-hydrogen) atoms. The summed E-state index contributed by atoms with van der Waals surface area (Å²) in [5.41, 5.74) is 5.61. The molecule has 0 aliphatic heterocycles. The third-order valence-electron chi connectivity index (χ3n) is 1.99. The summed E-state index contributed by atoms with van der Waals surface area (Å²) in [7, 11) is 2.95. The maximum absolute atomic E-state index is 11.1. The molecule has 0 bridgehead atoms. The average Bonchev–Trinajstić information content (AvgIpc) is 2.35. The molecule has 0 saturated carbocycles. The van der Waals surface area contributed by atoms with Crippen LogP contribution in [0.25, 0.3) is 0 Å². The number of nitrogens with two attached hydrogens (primary N) is 1. The van der Waals surface area contributed by atoms with E-state index in [1.807, 2.05) is 24.3 Å². The van der Waals surface area contributed by atoms with Gasteiger partial charge in [-0.05, 0) is 24.3 Å². The van der Waals surface area contributed by atoms with E-state index in [4.69, 9.17) is 10.5 Å². The molecule has 0 aromatic heterocycles. The Labute approximate surface area is 99.1 Å². The van der Waals surface area contributed by atoms with Crippen LogP contribution in [-0.4, -0.2) is 32.0 Å². The van der Waals surface area contributed by atoms with Crippen molar-refractivity contribution in [3.05, 3.63) is 24.3 Å². The van der Waals surface area contributed by atoms with E-state index >= 15 is 0 Å². The SMILES string of the molecule is COC(=O)C(N)CSc1ccc(OC)cc1. The zero-order valence-electron chi connectivity index (χ0n) is 9.30. The molecule has 0 spiro atoms. The normalized spacial score (nSPS) is 11.9. The summed E-state index contributed by atoms with van der Waals surface area (Å²) < 4.78 is 9.58. The fourth-order valence-corrected chi connectivity index (χ4v) is 1.91. The number of hydrogen-bond donors (Lipinski definition) is 1. The van der Waals surface area contributed by atoms with E-state index < -0.39 is 6.04 Å². The van der Waals surface area contributed by atoms with Crippen LogP contribution in [-0.2, 0) is 9.53 Å². The molecule has 4 nitrogen and oxygen atoms in total. The lowest BCUT2D eigenvalue weighted by molar-refractivity contribution is -0.141. The lowest BCUT2D eigenvalue weighted by Gasteiger charge is -2.08. The largest absolute Gasteiger partial charge is 0.497 e. The van der Waals surface area contributed by atoms with Crippen molar-refractivity contribution in [2.75, 3.05) is 20.0 Å². The molecule has 0 aliphatic rings. The maximum Gasteiger partial charge on any atom is 0.323 e. The Morgan fingerprint density at radius 2 is 2.00 bits per heavy atom. The van der Waals surface area contributed by atoms with Crippen molar-refractivity contribution >= 4 is 17.7 Å². The van der Waals surface area contributed by atoms with Crippen LogP contribution in [0.2, 0.25) is 0 Å². The molecule has 0 aliphatic carbocycles. The van der Waals surface area contributed by atoms with Gasteiger partial charge in [-0.1, -0.05) is 0 Å². The highest BCUT2D eigenvalue weighted by Crippen LogP contribution is 2.21. The molecule has 0 radical (unpaired) electrons. The standard InChI is InChI=1S/C11H15NO3S/c1-14-8-3-5-9(6-4-8)16-7-10(12)11(13)15-2/h3-6,10H,7,12H2,1-2H3. The number of carbonyl (C=O) groups excluding carboxylic acids is 1. The first kappa shape index (κ1) is 12.9. The first-order valence-corrected chi connectivity index (χ1v) is 5.76. The summed E-state index contributed by atoms with van der Waals surface area (Å²) in [6, 6.07) is 7.00. The Morgan fingerprint density at radius 3 is 2.50 bits per heavy atom. The number of ether oxygens (including phenoxy) is 2. The van der Waals surface area contributed by atoms with Crippen LogP contribution in [0.15, 0.2) is 29.2 Å². The number of thioether (sulfide) groups is 1. The van der Waals surface area contributed by atoms with Crippen LogP contribution in [0.1, 0.15) is 0 Å². The van der Waals surface area contributed by atoms with Crippen molar-refractivity contribution in [3.8, 4) is 5.75 Å². The van der Waals surface area contributed by atoms with Crippen molar-refractivity contribution in [3.63, 3.8) is 0 Å². The van der Waals surface area contributed by atoms with Gasteiger partial charge in [0, 0.05) is 10.6 Å². The van der Waals surface area contributed by atoms with Gasteiger partial charge in [0.2, 0.25) is 0 Å². The molecule has 0 saturated heterocycles. The van der Waals surface area contributed by atoms with Crippen molar-refractivity contribution in [2.45, 2.75) is 10.9 Å². The highest BCUT2D eigenvalue weighted by Gasteiger charge is 2.13. The van der Waals surface area contributed by atoms with Gasteiger partial charge in [-0.2, -0.15) is 0 Å². The summed E-state index contributed by atoms with van der Waals surface area (Å²) in [4.78, 5) is 12.1. The summed E-state index contributed by atoms with van der Waals surface area (Å²) in [6.45, 7) is 0. The minimum absolute atomic E-state index is 0.388. The van der Waals surface area contributed by atoms with E-state index in [2.05, 4.69) is 4.74 Å². The van der Waals surface area contributed by atoms with Gasteiger partial charge in [0.15, 0.2) is 0 Å². The number of rotatable bonds is 5. The summed E-state index contributed by atoms with van der Waals surface area (Å²) in [5.74, 6) is 0.918. The second-order valence-electron chi connectivity index (χ2n) is 3.12. The second-order valence-corrected chi connectivity index (χ2v) is 4.21. The first-order valence-electron chi connectivity index (χ1n) is 4.77. The highest BCUT2D eigenvalue weighted by atomic mass is 32.2. The van der Waals surface area contributed by atoms with Gasteiger partial charge in [0.1, 0.15) is 11.8 Å². The number of hydrogen-bond acceptors (Lipinski definition) is 5. The van der Waals surface area contributed by atoms with Crippen molar-refractivity contribution in [1.29, 1.82) is 0 Å². The van der Waals surface area contributed by atoms with Crippen LogP contribution in [0.4, 0.5) is 0 Å². The minimum Gasteiger partial charge on any atom is -0.497 e. The van der Waals surface area contributed by atoms with Gasteiger partial charge < -0.3 is 15.2 Å². The van der Waals surface area contributed by atoms with Gasteiger partial charge in [0.05, 0.1) is 14.2 Å². The van der Waals surface area contributed by atoms with Gasteiger partial charge in [-0.25, -0.2) is 0 Å². The number of esters is 1. The van der Waals surface area contributed by atoms with E-state index in [1.54, 1.807) is 7.11 Å². The van der Waals surface area contributed by atoms with E-state index in [-0.39, 0.29) is 5.97 Å². The zero-order valence-corrected chi connectivity index (χ0v) is 10.1. The fraction of sp³-hybridized carbons (Fsp3) is 0.364. The molecule has 0 heterocycles.